The highest BCUT2D eigenvalue weighted by Crippen LogP contribution is 2.28. The highest BCUT2D eigenvalue weighted by Gasteiger charge is 2.17. The monoisotopic (exact) mass is 384 g/mol. The molecule has 0 unspecified atom stereocenters. The topological polar surface area (TPSA) is 102 Å². The SMILES string of the molecule is O=C(O)COCCNc1cc(F)c(I)cc1[N+](=O)[O-]. The number of ether oxygens (including phenoxy) is 1. The van der Waals surface area contributed by atoms with Crippen molar-refractivity contribution in [2.45, 2.75) is 0 Å². The molecule has 0 atom stereocenters. The molecule has 0 spiro atoms. The van der Waals surface area contributed by atoms with Crippen LogP contribution in [-0.4, -0.2) is 35.8 Å². The predicted octanol–water partition coefficient (Wildman–Crippen LogP) is 1.85. The Hall–Kier alpha value is -1.49. The van der Waals surface area contributed by atoms with Crippen LogP contribution in [0.5, 0.6) is 0 Å². The summed E-state index contributed by atoms with van der Waals surface area (Å²) < 4.78 is 18.2. The fourth-order valence-electron chi connectivity index (χ4n) is 1.25. The average molecular weight is 384 g/mol. The van der Waals surface area contributed by atoms with Crippen LogP contribution in [0, 0.1) is 19.5 Å². The van der Waals surface area contributed by atoms with E-state index in [0.717, 1.165) is 12.1 Å². The molecule has 0 aliphatic rings. The number of carboxylic acids is 1. The van der Waals surface area contributed by atoms with Gasteiger partial charge in [0.15, 0.2) is 0 Å². The standard InChI is InChI=1S/C10H10FIN2O5/c11-6-3-8(9(14(17)18)4-7(6)12)13-1-2-19-5-10(15)16/h3-4,13H,1-2,5H2,(H,15,16). The van der Waals surface area contributed by atoms with E-state index in [1.165, 1.54) is 0 Å². The van der Waals surface area contributed by atoms with E-state index < -0.39 is 23.3 Å². The third-order valence-electron chi connectivity index (χ3n) is 2.02. The van der Waals surface area contributed by atoms with Gasteiger partial charge in [-0.25, -0.2) is 9.18 Å². The van der Waals surface area contributed by atoms with Gasteiger partial charge in [0.25, 0.3) is 5.69 Å². The number of nitro groups is 1. The second-order valence-electron chi connectivity index (χ2n) is 3.41. The summed E-state index contributed by atoms with van der Waals surface area (Å²) in [6.45, 7) is -0.282. The highest BCUT2D eigenvalue weighted by atomic mass is 127. The van der Waals surface area contributed by atoms with Gasteiger partial charge in [-0.3, -0.25) is 10.1 Å². The molecule has 2 N–H and O–H groups in total. The Bertz CT molecular complexity index is 497. The van der Waals surface area contributed by atoms with Crippen LogP contribution in [0.1, 0.15) is 0 Å². The summed E-state index contributed by atoms with van der Waals surface area (Å²) in [7, 11) is 0. The van der Waals surface area contributed by atoms with Gasteiger partial charge in [0, 0.05) is 18.7 Å². The van der Waals surface area contributed by atoms with Crippen molar-refractivity contribution in [3.05, 3.63) is 31.6 Å². The normalized spacial score (nSPS) is 10.2. The van der Waals surface area contributed by atoms with Crippen molar-refractivity contribution in [3.63, 3.8) is 0 Å². The third kappa shape index (κ3) is 4.95. The van der Waals surface area contributed by atoms with E-state index in [9.17, 15) is 19.3 Å². The Labute approximate surface area is 121 Å². The molecule has 0 aromatic heterocycles. The van der Waals surface area contributed by atoms with E-state index in [0.29, 0.717) is 0 Å². The van der Waals surface area contributed by atoms with Crippen LogP contribution < -0.4 is 5.32 Å². The lowest BCUT2D eigenvalue weighted by molar-refractivity contribution is -0.384. The number of nitro benzene ring substituents is 1. The molecular formula is C10H10FIN2O5. The van der Waals surface area contributed by atoms with Gasteiger partial charge in [-0.1, -0.05) is 0 Å². The quantitative estimate of drug-likeness (QED) is 0.322. The van der Waals surface area contributed by atoms with Gasteiger partial charge >= 0.3 is 5.97 Å². The number of rotatable bonds is 7. The Morgan fingerprint density at radius 3 is 2.84 bits per heavy atom. The number of nitrogens with zero attached hydrogens (tertiary/aromatic N) is 1. The van der Waals surface area contributed by atoms with E-state index in [1.807, 2.05) is 0 Å². The molecule has 0 heterocycles. The van der Waals surface area contributed by atoms with Gasteiger partial charge in [-0.15, -0.1) is 0 Å². The lowest BCUT2D eigenvalue weighted by Gasteiger charge is -2.08. The predicted molar refractivity (Wildman–Crippen MR) is 72.7 cm³/mol. The van der Waals surface area contributed by atoms with E-state index in [4.69, 9.17) is 9.84 Å². The molecule has 0 aliphatic heterocycles. The number of carboxylic acid groups (broad SMARTS) is 1. The Balaban J connectivity index is 2.64. The Morgan fingerprint density at radius 2 is 2.26 bits per heavy atom. The maximum Gasteiger partial charge on any atom is 0.329 e. The number of benzene rings is 1. The van der Waals surface area contributed by atoms with Gasteiger partial charge in [-0.2, -0.15) is 0 Å². The van der Waals surface area contributed by atoms with Crippen LogP contribution in [0.3, 0.4) is 0 Å². The number of anilines is 1. The number of hydrogen-bond acceptors (Lipinski definition) is 5. The summed E-state index contributed by atoms with van der Waals surface area (Å²) in [6, 6.07) is 2.15. The molecule has 0 radical (unpaired) electrons. The van der Waals surface area contributed by atoms with Crippen molar-refractivity contribution in [2.75, 3.05) is 25.1 Å². The molecule has 0 amide bonds. The summed E-state index contributed by atoms with van der Waals surface area (Å²) in [5.74, 6) is -1.67. The summed E-state index contributed by atoms with van der Waals surface area (Å²) >= 11 is 1.66. The zero-order valence-electron chi connectivity index (χ0n) is 9.56. The van der Waals surface area contributed by atoms with Crippen molar-refractivity contribution in [2.24, 2.45) is 0 Å². The number of nitrogens with one attached hydrogen (secondary N) is 1. The van der Waals surface area contributed by atoms with E-state index in [2.05, 4.69) is 5.32 Å². The molecule has 19 heavy (non-hydrogen) atoms. The summed E-state index contributed by atoms with van der Waals surface area (Å²) in [5, 5.41) is 21.8. The lowest BCUT2D eigenvalue weighted by atomic mass is 10.2. The van der Waals surface area contributed by atoms with E-state index >= 15 is 0 Å². The van der Waals surface area contributed by atoms with Gasteiger partial charge in [-0.05, 0) is 22.6 Å². The maximum atomic E-state index is 13.3. The van der Waals surface area contributed by atoms with Gasteiger partial charge in [0.2, 0.25) is 0 Å². The molecule has 1 rings (SSSR count). The second kappa shape index (κ2) is 7.19. The number of hydrogen-bond donors (Lipinski definition) is 2. The molecule has 104 valence electrons. The zero-order chi connectivity index (χ0) is 14.4. The molecule has 1 aromatic carbocycles. The Kier molecular flexibility index (Phi) is 5.89. The van der Waals surface area contributed by atoms with Crippen LogP contribution in [-0.2, 0) is 9.53 Å². The molecule has 9 heteroatoms. The molecule has 0 bridgehead atoms. The van der Waals surface area contributed by atoms with Gasteiger partial charge in [0.05, 0.1) is 15.1 Å². The summed E-state index contributed by atoms with van der Waals surface area (Å²) in [6.07, 6.45) is 0. The minimum absolute atomic E-state index is 0.0295. The fraction of sp³-hybridized carbons (Fsp3) is 0.300. The zero-order valence-corrected chi connectivity index (χ0v) is 11.7. The fourth-order valence-corrected chi connectivity index (χ4v) is 1.70. The first-order valence-electron chi connectivity index (χ1n) is 5.08. The van der Waals surface area contributed by atoms with Crippen molar-refractivity contribution in [3.8, 4) is 0 Å². The van der Waals surface area contributed by atoms with Crippen LogP contribution in [0.4, 0.5) is 15.8 Å². The molecule has 0 saturated heterocycles. The van der Waals surface area contributed by atoms with Crippen molar-refractivity contribution < 1.29 is 24.0 Å². The first-order valence-corrected chi connectivity index (χ1v) is 6.16. The minimum Gasteiger partial charge on any atom is -0.480 e. The van der Waals surface area contributed by atoms with E-state index in [-0.39, 0.29) is 28.1 Å². The second-order valence-corrected chi connectivity index (χ2v) is 4.58. The van der Waals surface area contributed by atoms with Gasteiger partial charge in [0.1, 0.15) is 18.1 Å². The molecule has 0 aliphatic carbocycles. The average Bonchev–Trinajstić information content (AvgIpc) is 2.32. The maximum absolute atomic E-state index is 13.3. The molecule has 0 fully saturated rings. The summed E-state index contributed by atoms with van der Waals surface area (Å²) in [4.78, 5) is 20.3. The number of halogens is 2. The highest BCUT2D eigenvalue weighted by molar-refractivity contribution is 14.1. The summed E-state index contributed by atoms with van der Waals surface area (Å²) in [5.41, 5.74) is -0.217. The molecule has 7 nitrogen and oxygen atoms in total. The van der Waals surface area contributed by atoms with Crippen molar-refractivity contribution >= 4 is 39.9 Å². The molecule has 0 saturated carbocycles. The lowest BCUT2D eigenvalue weighted by Crippen LogP contribution is -2.14. The van der Waals surface area contributed by atoms with Crippen LogP contribution >= 0.6 is 22.6 Å². The van der Waals surface area contributed by atoms with Crippen LogP contribution in [0.15, 0.2) is 12.1 Å². The first kappa shape index (κ1) is 15.6. The minimum atomic E-state index is -1.11. The molecular weight excluding hydrogens is 374 g/mol. The van der Waals surface area contributed by atoms with Crippen molar-refractivity contribution in [1.29, 1.82) is 0 Å². The third-order valence-corrected chi connectivity index (χ3v) is 2.85. The van der Waals surface area contributed by atoms with Crippen molar-refractivity contribution in [1.82, 2.24) is 0 Å². The van der Waals surface area contributed by atoms with E-state index in [1.54, 1.807) is 22.6 Å². The van der Waals surface area contributed by atoms with Gasteiger partial charge < -0.3 is 15.2 Å². The number of aliphatic carboxylic acids is 1. The van der Waals surface area contributed by atoms with Crippen LogP contribution in [0.25, 0.3) is 0 Å². The largest absolute Gasteiger partial charge is 0.480 e. The van der Waals surface area contributed by atoms with Crippen LogP contribution in [0.2, 0.25) is 0 Å². The molecule has 1 aromatic rings. The number of carbonyl (C=O) groups is 1. The first-order chi connectivity index (χ1) is 8.91. The smallest absolute Gasteiger partial charge is 0.329 e. The Morgan fingerprint density at radius 1 is 1.58 bits per heavy atom.